The third kappa shape index (κ3) is 4.99. The van der Waals surface area contributed by atoms with Gasteiger partial charge in [0.25, 0.3) is 0 Å². The summed E-state index contributed by atoms with van der Waals surface area (Å²) in [4.78, 5) is 11.6. The Balaban J connectivity index is 1.79. The van der Waals surface area contributed by atoms with Crippen molar-refractivity contribution in [3.05, 3.63) is 46.2 Å². The zero-order chi connectivity index (χ0) is 16.0. The van der Waals surface area contributed by atoms with Gasteiger partial charge in [-0.05, 0) is 12.1 Å². The van der Waals surface area contributed by atoms with Crippen molar-refractivity contribution in [2.75, 3.05) is 6.54 Å². The molecule has 0 unspecified atom stereocenters. The molecule has 0 aromatic carbocycles. The summed E-state index contributed by atoms with van der Waals surface area (Å²) >= 11 is 0.908. The van der Waals surface area contributed by atoms with Crippen LogP contribution in [0.15, 0.2) is 34.8 Å². The minimum atomic E-state index is -4.43. The molecule has 0 aliphatic rings. The quantitative estimate of drug-likeness (QED) is 0.651. The number of hydrogen-bond donors (Lipinski definition) is 2. The SMILES string of the molecule is NC(=NCc1nc(C(F)(F)F)cs1)NCCc1ccccn1. The number of hydrogen-bond acceptors (Lipinski definition) is 4. The van der Waals surface area contributed by atoms with Gasteiger partial charge in [-0.15, -0.1) is 11.3 Å². The number of nitrogens with one attached hydrogen (secondary N) is 1. The summed E-state index contributed by atoms with van der Waals surface area (Å²) in [5.41, 5.74) is 5.67. The highest BCUT2D eigenvalue weighted by molar-refractivity contribution is 7.09. The Bertz CT molecular complexity index is 624. The predicted molar refractivity (Wildman–Crippen MR) is 78.4 cm³/mol. The molecule has 9 heteroatoms. The fourth-order valence-corrected chi connectivity index (χ4v) is 2.31. The van der Waals surface area contributed by atoms with Gasteiger partial charge in [-0.25, -0.2) is 9.98 Å². The molecule has 3 N–H and O–H groups in total. The van der Waals surface area contributed by atoms with Crippen molar-refractivity contribution in [2.45, 2.75) is 19.1 Å². The maximum Gasteiger partial charge on any atom is 0.434 e. The molecule has 2 aromatic rings. The summed E-state index contributed by atoms with van der Waals surface area (Å²) in [6.07, 6.45) is -2.05. The molecule has 0 saturated carbocycles. The summed E-state index contributed by atoms with van der Waals surface area (Å²) in [7, 11) is 0. The van der Waals surface area contributed by atoms with Crippen molar-refractivity contribution < 1.29 is 13.2 Å². The van der Waals surface area contributed by atoms with Gasteiger partial charge >= 0.3 is 6.18 Å². The van der Waals surface area contributed by atoms with Crippen LogP contribution < -0.4 is 11.1 Å². The number of aromatic nitrogens is 2. The van der Waals surface area contributed by atoms with Gasteiger partial charge in [-0.1, -0.05) is 6.07 Å². The second-order valence-electron chi connectivity index (χ2n) is 4.32. The smallest absolute Gasteiger partial charge is 0.370 e. The molecule has 0 aliphatic heterocycles. The standard InChI is InChI=1S/C13H14F3N5S/c14-13(15,16)10-8-22-11(21-10)7-20-12(17)19-6-4-9-3-1-2-5-18-9/h1-3,5,8H,4,6-7H2,(H3,17,19,20). The first-order chi connectivity index (χ1) is 10.4. The van der Waals surface area contributed by atoms with E-state index in [0.717, 1.165) is 22.4 Å². The van der Waals surface area contributed by atoms with Crippen molar-refractivity contribution in [3.8, 4) is 0 Å². The number of halogens is 3. The lowest BCUT2D eigenvalue weighted by Crippen LogP contribution is -2.33. The fourth-order valence-electron chi connectivity index (χ4n) is 1.59. The van der Waals surface area contributed by atoms with Crippen LogP contribution in [0.3, 0.4) is 0 Å². The molecule has 0 bridgehead atoms. The Hall–Kier alpha value is -2.16. The average Bonchev–Trinajstić information content (AvgIpc) is 2.95. The Morgan fingerprint density at radius 3 is 2.82 bits per heavy atom. The highest BCUT2D eigenvalue weighted by Gasteiger charge is 2.33. The van der Waals surface area contributed by atoms with Gasteiger partial charge in [-0.3, -0.25) is 4.98 Å². The number of nitrogens with zero attached hydrogens (tertiary/aromatic N) is 3. The summed E-state index contributed by atoms with van der Waals surface area (Å²) in [6.45, 7) is 0.557. The molecule has 5 nitrogen and oxygen atoms in total. The predicted octanol–water partition coefficient (Wildman–Crippen LogP) is 2.20. The van der Waals surface area contributed by atoms with E-state index >= 15 is 0 Å². The molecule has 118 valence electrons. The summed E-state index contributed by atoms with van der Waals surface area (Å²) in [6, 6.07) is 5.61. The van der Waals surface area contributed by atoms with E-state index in [1.807, 2.05) is 18.2 Å². The Labute approximate surface area is 129 Å². The topological polar surface area (TPSA) is 76.2 Å². The van der Waals surface area contributed by atoms with Crippen molar-refractivity contribution in [1.82, 2.24) is 15.3 Å². The van der Waals surface area contributed by atoms with Crippen molar-refractivity contribution in [3.63, 3.8) is 0 Å². The number of guanidine groups is 1. The van der Waals surface area contributed by atoms with Gasteiger partial charge in [0.05, 0.1) is 6.54 Å². The Morgan fingerprint density at radius 2 is 2.18 bits per heavy atom. The van der Waals surface area contributed by atoms with Crippen LogP contribution in [0.2, 0.25) is 0 Å². The first-order valence-electron chi connectivity index (χ1n) is 6.40. The van der Waals surface area contributed by atoms with E-state index < -0.39 is 11.9 Å². The van der Waals surface area contributed by atoms with Crippen molar-refractivity contribution in [2.24, 2.45) is 10.7 Å². The van der Waals surface area contributed by atoms with Crippen LogP contribution in [0.1, 0.15) is 16.4 Å². The first-order valence-corrected chi connectivity index (χ1v) is 7.28. The van der Waals surface area contributed by atoms with E-state index in [-0.39, 0.29) is 17.5 Å². The molecule has 0 atom stereocenters. The summed E-state index contributed by atoms with van der Waals surface area (Å²) in [5, 5.41) is 4.11. The zero-order valence-electron chi connectivity index (χ0n) is 11.5. The maximum absolute atomic E-state index is 12.4. The number of nitrogens with two attached hydrogens (primary N) is 1. The Kier molecular flexibility index (Phi) is 5.31. The molecule has 2 heterocycles. The van der Waals surface area contributed by atoms with Crippen LogP contribution in [0.4, 0.5) is 13.2 Å². The van der Waals surface area contributed by atoms with Gasteiger partial charge in [-0.2, -0.15) is 13.2 Å². The lowest BCUT2D eigenvalue weighted by Gasteiger charge is -2.04. The third-order valence-corrected chi connectivity index (χ3v) is 3.47. The van der Waals surface area contributed by atoms with Crippen LogP contribution in [-0.2, 0) is 19.1 Å². The first kappa shape index (κ1) is 16.2. The molecule has 22 heavy (non-hydrogen) atoms. The average molecular weight is 329 g/mol. The highest BCUT2D eigenvalue weighted by Crippen LogP contribution is 2.30. The minimum absolute atomic E-state index is 0.0170. The van der Waals surface area contributed by atoms with E-state index in [4.69, 9.17) is 5.73 Å². The van der Waals surface area contributed by atoms with Crippen LogP contribution in [0, 0.1) is 0 Å². The molecule has 2 aromatic heterocycles. The van der Waals surface area contributed by atoms with Gasteiger partial charge in [0, 0.05) is 30.2 Å². The van der Waals surface area contributed by atoms with E-state index in [1.165, 1.54) is 0 Å². The molecule has 2 rings (SSSR count). The number of pyridine rings is 1. The molecule has 0 aliphatic carbocycles. The second kappa shape index (κ2) is 7.21. The summed E-state index contributed by atoms with van der Waals surface area (Å²) in [5.74, 6) is 0.166. The van der Waals surface area contributed by atoms with Gasteiger partial charge in [0.1, 0.15) is 5.01 Å². The maximum atomic E-state index is 12.4. The van der Waals surface area contributed by atoms with Crippen molar-refractivity contribution in [1.29, 1.82) is 0 Å². The molecule has 0 amide bonds. The lowest BCUT2D eigenvalue weighted by atomic mass is 10.3. The monoisotopic (exact) mass is 329 g/mol. The Morgan fingerprint density at radius 1 is 1.36 bits per heavy atom. The van der Waals surface area contributed by atoms with E-state index in [1.54, 1.807) is 6.20 Å². The molecular formula is C13H14F3N5S. The molecule has 0 spiro atoms. The van der Waals surface area contributed by atoms with Crippen LogP contribution in [0.25, 0.3) is 0 Å². The molecular weight excluding hydrogens is 315 g/mol. The minimum Gasteiger partial charge on any atom is -0.370 e. The normalized spacial score (nSPS) is 12.4. The molecule has 0 saturated heterocycles. The number of alkyl halides is 3. The van der Waals surface area contributed by atoms with Gasteiger partial charge < -0.3 is 11.1 Å². The van der Waals surface area contributed by atoms with E-state index in [9.17, 15) is 13.2 Å². The zero-order valence-corrected chi connectivity index (χ0v) is 12.3. The van der Waals surface area contributed by atoms with E-state index in [0.29, 0.717) is 13.0 Å². The second-order valence-corrected chi connectivity index (χ2v) is 5.27. The number of thiazole rings is 1. The molecule has 0 fully saturated rings. The lowest BCUT2D eigenvalue weighted by molar-refractivity contribution is -0.140. The van der Waals surface area contributed by atoms with Crippen LogP contribution in [0.5, 0.6) is 0 Å². The van der Waals surface area contributed by atoms with Gasteiger partial charge in [0.2, 0.25) is 0 Å². The third-order valence-electron chi connectivity index (χ3n) is 2.64. The number of aliphatic imine (C=N–C) groups is 1. The summed E-state index contributed by atoms with van der Waals surface area (Å²) < 4.78 is 37.2. The highest BCUT2D eigenvalue weighted by atomic mass is 32.1. The van der Waals surface area contributed by atoms with Crippen LogP contribution >= 0.6 is 11.3 Å². The van der Waals surface area contributed by atoms with Gasteiger partial charge in [0.15, 0.2) is 11.7 Å². The fraction of sp³-hybridized carbons (Fsp3) is 0.308. The van der Waals surface area contributed by atoms with Crippen LogP contribution in [-0.4, -0.2) is 22.5 Å². The number of rotatable bonds is 5. The largest absolute Gasteiger partial charge is 0.434 e. The molecule has 0 radical (unpaired) electrons. The van der Waals surface area contributed by atoms with E-state index in [2.05, 4.69) is 20.3 Å². The van der Waals surface area contributed by atoms with Crippen molar-refractivity contribution >= 4 is 17.3 Å².